The van der Waals surface area contributed by atoms with Gasteiger partial charge >= 0.3 is 0 Å². The molecular weight excluding hydrogens is 260 g/mol. The van der Waals surface area contributed by atoms with Gasteiger partial charge in [-0.05, 0) is 43.9 Å². The maximum absolute atomic E-state index is 12.3. The molecule has 112 valence electrons. The summed E-state index contributed by atoms with van der Waals surface area (Å²) in [7, 11) is 0. The lowest BCUT2D eigenvalue weighted by Gasteiger charge is -2.39. The Bertz CT molecular complexity index is 317. The second-order valence-corrected chi connectivity index (χ2v) is 6.79. The lowest BCUT2D eigenvalue weighted by molar-refractivity contribution is -0.133. The minimum atomic E-state index is -0.169. The van der Waals surface area contributed by atoms with Gasteiger partial charge in [0.2, 0.25) is 5.91 Å². The molecule has 0 aromatic carbocycles. The zero-order chi connectivity index (χ0) is 13.2. The summed E-state index contributed by atoms with van der Waals surface area (Å²) in [5.41, 5.74) is 6.45. The van der Waals surface area contributed by atoms with Crippen molar-refractivity contribution < 1.29 is 4.79 Å². The van der Waals surface area contributed by atoms with Gasteiger partial charge in [-0.25, -0.2) is 0 Å². The lowest BCUT2D eigenvalue weighted by atomic mass is 9.75. The van der Waals surface area contributed by atoms with Crippen LogP contribution in [0.15, 0.2) is 0 Å². The maximum atomic E-state index is 12.3. The Morgan fingerprint density at radius 2 is 1.84 bits per heavy atom. The molecule has 1 unspecified atom stereocenters. The lowest BCUT2D eigenvalue weighted by Crippen LogP contribution is -2.50. The van der Waals surface area contributed by atoms with E-state index in [1.54, 1.807) is 0 Å². The second kappa shape index (κ2) is 6.45. The number of carbonyl (C=O) groups is 1. The van der Waals surface area contributed by atoms with Crippen LogP contribution in [0.25, 0.3) is 0 Å². The molecule has 1 heterocycles. The smallest absolute Gasteiger partial charge is 0.224 e. The van der Waals surface area contributed by atoms with Crippen LogP contribution < -0.4 is 5.73 Å². The van der Waals surface area contributed by atoms with Crippen LogP contribution in [-0.4, -0.2) is 29.4 Å². The van der Waals surface area contributed by atoms with Crippen LogP contribution in [0.2, 0.25) is 0 Å². The summed E-state index contributed by atoms with van der Waals surface area (Å²) >= 11 is 0. The van der Waals surface area contributed by atoms with Crippen LogP contribution in [0.5, 0.6) is 0 Å². The Kier molecular flexibility index (Phi) is 5.69. The van der Waals surface area contributed by atoms with E-state index in [0.29, 0.717) is 11.8 Å². The zero-order valence-corrected chi connectivity index (χ0v) is 13.2. The van der Waals surface area contributed by atoms with Gasteiger partial charge in [-0.2, -0.15) is 0 Å². The maximum Gasteiger partial charge on any atom is 0.224 e. The van der Waals surface area contributed by atoms with Crippen LogP contribution >= 0.6 is 12.4 Å². The van der Waals surface area contributed by atoms with Gasteiger partial charge in [-0.15, -0.1) is 12.4 Å². The van der Waals surface area contributed by atoms with Crippen molar-refractivity contribution in [2.75, 3.05) is 13.1 Å². The molecule has 1 atom stereocenters. The first-order valence-corrected chi connectivity index (χ1v) is 7.53. The predicted molar refractivity (Wildman–Crippen MR) is 81.5 cm³/mol. The van der Waals surface area contributed by atoms with E-state index in [4.69, 9.17) is 5.73 Å². The molecule has 0 aromatic heterocycles. The van der Waals surface area contributed by atoms with Crippen LogP contribution in [0.4, 0.5) is 0 Å². The number of rotatable bonds is 3. The van der Waals surface area contributed by atoms with Crippen LogP contribution in [0.3, 0.4) is 0 Å². The standard InChI is InChI=1S/C15H28N2O.ClH/c1-3-14(2)6-5-10-17(11-9-14)13(18)12-15(16)7-4-8-15;/h3-12,16H2,1-2H3;1H. The topological polar surface area (TPSA) is 46.3 Å². The fourth-order valence-electron chi connectivity index (χ4n) is 3.16. The first-order valence-electron chi connectivity index (χ1n) is 7.53. The van der Waals surface area contributed by atoms with Gasteiger partial charge in [0.05, 0.1) is 0 Å². The molecule has 2 aliphatic rings. The van der Waals surface area contributed by atoms with Gasteiger partial charge < -0.3 is 10.6 Å². The highest BCUT2D eigenvalue weighted by molar-refractivity contribution is 5.85. The monoisotopic (exact) mass is 288 g/mol. The Balaban J connectivity index is 0.00000180. The molecule has 2 rings (SSSR count). The van der Waals surface area contributed by atoms with Gasteiger partial charge in [0.25, 0.3) is 0 Å². The number of nitrogens with zero attached hydrogens (tertiary/aromatic N) is 1. The number of halogens is 1. The van der Waals surface area contributed by atoms with Crippen molar-refractivity contribution in [3.63, 3.8) is 0 Å². The summed E-state index contributed by atoms with van der Waals surface area (Å²) in [6.07, 6.45) is 8.57. The van der Waals surface area contributed by atoms with Crippen molar-refractivity contribution in [1.29, 1.82) is 0 Å². The summed E-state index contributed by atoms with van der Waals surface area (Å²) in [5, 5.41) is 0. The molecule has 19 heavy (non-hydrogen) atoms. The SMILES string of the molecule is CCC1(C)CCCN(C(=O)CC2(N)CCC2)CC1.Cl. The zero-order valence-electron chi connectivity index (χ0n) is 12.4. The van der Waals surface area contributed by atoms with Gasteiger partial charge in [0, 0.05) is 25.0 Å². The van der Waals surface area contributed by atoms with Crippen molar-refractivity contribution in [1.82, 2.24) is 4.90 Å². The summed E-state index contributed by atoms with van der Waals surface area (Å²) in [4.78, 5) is 14.4. The number of hydrogen-bond acceptors (Lipinski definition) is 2. The second-order valence-electron chi connectivity index (χ2n) is 6.79. The number of carbonyl (C=O) groups excluding carboxylic acids is 1. The van der Waals surface area contributed by atoms with Gasteiger partial charge in [-0.3, -0.25) is 4.79 Å². The number of nitrogens with two attached hydrogens (primary N) is 1. The van der Waals surface area contributed by atoms with Gasteiger partial charge in [0.1, 0.15) is 0 Å². The predicted octanol–water partition coefficient (Wildman–Crippen LogP) is 3.11. The van der Waals surface area contributed by atoms with Crippen LogP contribution in [-0.2, 0) is 4.79 Å². The van der Waals surface area contributed by atoms with Crippen molar-refractivity contribution >= 4 is 18.3 Å². The molecule has 1 aliphatic heterocycles. The van der Waals surface area contributed by atoms with Gasteiger partial charge in [0.15, 0.2) is 0 Å². The van der Waals surface area contributed by atoms with Crippen molar-refractivity contribution in [3.8, 4) is 0 Å². The molecular formula is C15H29ClN2O. The van der Waals surface area contributed by atoms with Crippen LogP contribution in [0, 0.1) is 5.41 Å². The van der Waals surface area contributed by atoms with E-state index in [9.17, 15) is 4.79 Å². The number of likely N-dealkylation sites (tertiary alicyclic amines) is 1. The van der Waals surface area contributed by atoms with E-state index in [-0.39, 0.29) is 23.9 Å². The average molecular weight is 289 g/mol. The Hall–Kier alpha value is -0.280. The highest BCUT2D eigenvalue weighted by atomic mass is 35.5. The summed E-state index contributed by atoms with van der Waals surface area (Å²) in [6, 6.07) is 0. The number of hydrogen-bond donors (Lipinski definition) is 1. The third-order valence-corrected chi connectivity index (χ3v) is 5.25. The summed E-state index contributed by atoms with van der Waals surface area (Å²) < 4.78 is 0. The van der Waals surface area contributed by atoms with Crippen molar-refractivity contribution in [3.05, 3.63) is 0 Å². The van der Waals surface area contributed by atoms with Crippen molar-refractivity contribution in [2.24, 2.45) is 11.1 Å². The normalized spacial score (nSPS) is 29.9. The van der Waals surface area contributed by atoms with E-state index in [2.05, 4.69) is 18.7 Å². The average Bonchev–Trinajstić information content (AvgIpc) is 2.50. The molecule has 3 nitrogen and oxygen atoms in total. The highest BCUT2D eigenvalue weighted by Gasteiger charge is 2.36. The van der Waals surface area contributed by atoms with Gasteiger partial charge in [-0.1, -0.05) is 20.3 Å². The number of amides is 1. The fourth-order valence-corrected chi connectivity index (χ4v) is 3.16. The summed E-state index contributed by atoms with van der Waals surface area (Å²) in [6.45, 7) is 6.49. The molecule has 4 heteroatoms. The molecule has 1 saturated heterocycles. The van der Waals surface area contributed by atoms with E-state index in [1.807, 2.05) is 0 Å². The minimum absolute atomic E-state index is 0. The van der Waals surface area contributed by atoms with Crippen molar-refractivity contribution in [2.45, 2.75) is 70.8 Å². The minimum Gasteiger partial charge on any atom is -0.343 e. The molecule has 0 bridgehead atoms. The molecule has 0 spiro atoms. The molecule has 1 amide bonds. The quantitative estimate of drug-likeness (QED) is 0.867. The largest absolute Gasteiger partial charge is 0.343 e. The first-order chi connectivity index (χ1) is 8.46. The summed E-state index contributed by atoms with van der Waals surface area (Å²) in [5.74, 6) is 0.289. The van der Waals surface area contributed by atoms with E-state index < -0.39 is 0 Å². The van der Waals surface area contributed by atoms with E-state index >= 15 is 0 Å². The molecule has 1 saturated carbocycles. The molecule has 2 fully saturated rings. The highest BCUT2D eigenvalue weighted by Crippen LogP contribution is 2.36. The van der Waals surface area contributed by atoms with E-state index in [0.717, 1.165) is 38.8 Å². The third kappa shape index (κ3) is 4.09. The Morgan fingerprint density at radius 3 is 2.37 bits per heavy atom. The first kappa shape index (κ1) is 16.8. The molecule has 1 aliphatic carbocycles. The Labute approximate surface area is 123 Å². The molecule has 2 N–H and O–H groups in total. The molecule has 0 aromatic rings. The van der Waals surface area contributed by atoms with E-state index in [1.165, 1.54) is 19.3 Å². The molecule has 0 radical (unpaired) electrons. The van der Waals surface area contributed by atoms with Crippen LogP contribution in [0.1, 0.15) is 65.2 Å². The Morgan fingerprint density at radius 1 is 1.16 bits per heavy atom. The fraction of sp³-hybridized carbons (Fsp3) is 0.933. The third-order valence-electron chi connectivity index (χ3n) is 5.25.